The maximum Gasteiger partial charge on any atom is 0.103 e. The molecule has 0 aromatic heterocycles. The standard InChI is InChI=1S/C21H34F/c1-6-8-9-10-11-19(7-2)21(22)15-18(5)20-13-16(3)12-17(4)14-20/h13-14,18-19,21H,6-11,15H2,1-5H3. The molecule has 1 radical (unpaired) electrons. The Kier molecular flexibility index (Phi) is 8.75. The molecule has 1 aromatic rings. The van der Waals surface area contributed by atoms with Gasteiger partial charge in [-0.05, 0) is 61.3 Å². The summed E-state index contributed by atoms with van der Waals surface area (Å²) in [6.45, 7) is 10.6. The Balaban J connectivity index is 2.54. The number of aryl methyl sites for hydroxylation is 2. The molecule has 0 nitrogen and oxygen atoms in total. The molecule has 0 heterocycles. The third-order valence-electron chi connectivity index (χ3n) is 4.77. The van der Waals surface area contributed by atoms with Crippen LogP contribution in [0.4, 0.5) is 4.39 Å². The van der Waals surface area contributed by atoms with Gasteiger partial charge in [0.05, 0.1) is 0 Å². The Morgan fingerprint density at radius 1 is 1.05 bits per heavy atom. The molecule has 0 aliphatic heterocycles. The van der Waals surface area contributed by atoms with E-state index in [2.05, 4.69) is 52.8 Å². The fourth-order valence-electron chi connectivity index (χ4n) is 3.35. The van der Waals surface area contributed by atoms with Gasteiger partial charge < -0.3 is 0 Å². The number of unbranched alkanes of at least 4 members (excludes halogenated alkanes) is 3. The van der Waals surface area contributed by atoms with Crippen molar-refractivity contribution in [2.75, 3.05) is 0 Å². The van der Waals surface area contributed by atoms with Crippen LogP contribution >= 0.6 is 0 Å². The highest BCUT2D eigenvalue weighted by Gasteiger charge is 2.22. The zero-order chi connectivity index (χ0) is 16.5. The normalized spacial score (nSPS) is 15.5. The lowest BCUT2D eigenvalue weighted by Gasteiger charge is -2.23. The molecular weight excluding hydrogens is 271 g/mol. The van der Waals surface area contributed by atoms with Gasteiger partial charge in [-0.1, -0.05) is 65.0 Å². The van der Waals surface area contributed by atoms with Crippen molar-refractivity contribution < 1.29 is 4.39 Å². The minimum atomic E-state index is -0.675. The van der Waals surface area contributed by atoms with Crippen molar-refractivity contribution in [2.45, 2.75) is 91.7 Å². The molecule has 0 spiro atoms. The van der Waals surface area contributed by atoms with Crippen molar-refractivity contribution >= 4 is 0 Å². The summed E-state index contributed by atoms with van der Waals surface area (Å²) < 4.78 is 14.7. The van der Waals surface area contributed by atoms with Crippen LogP contribution in [0.25, 0.3) is 0 Å². The van der Waals surface area contributed by atoms with E-state index in [9.17, 15) is 4.39 Å². The Bertz CT molecular complexity index is 404. The molecule has 0 amide bonds. The summed E-state index contributed by atoms with van der Waals surface area (Å²) in [5, 5.41) is 0. The monoisotopic (exact) mass is 305 g/mol. The Morgan fingerprint density at radius 2 is 1.68 bits per heavy atom. The summed E-state index contributed by atoms with van der Waals surface area (Å²) in [6.07, 6.45) is 6.94. The van der Waals surface area contributed by atoms with Crippen LogP contribution in [0.1, 0.15) is 88.3 Å². The number of alkyl halides is 1. The third kappa shape index (κ3) is 6.50. The second-order valence-corrected chi connectivity index (χ2v) is 6.95. The predicted molar refractivity (Wildman–Crippen MR) is 95.2 cm³/mol. The van der Waals surface area contributed by atoms with Crippen LogP contribution in [0.2, 0.25) is 0 Å². The smallest absolute Gasteiger partial charge is 0.103 e. The van der Waals surface area contributed by atoms with E-state index in [1.165, 1.54) is 31.2 Å². The fraction of sp³-hybridized carbons (Fsp3) is 0.714. The number of rotatable bonds is 10. The molecule has 0 saturated carbocycles. The first-order chi connectivity index (χ1) is 10.5. The molecule has 0 aliphatic rings. The van der Waals surface area contributed by atoms with Crippen molar-refractivity contribution in [1.82, 2.24) is 0 Å². The molecule has 1 heteroatoms. The highest BCUT2D eigenvalue weighted by Crippen LogP contribution is 2.30. The lowest BCUT2D eigenvalue weighted by atomic mass is 9.85. The van der Waals surface area contributed by atoms with Crippen LogP contribution in [-0.4, -0.2) is 6.17 Å². The minimum Gasteiger partial charge on any atom is -0.247 e. The highest BCUT2D eigenvalue weighted by molar-refractivity contribution is 5.29. The first-order valence-corrected chi connectivity index (χ1v) is 9.12. The van der Waals surface area contributed by atoms with E-state index in [1.807, 2.05) is 0 Å². The molecule has 0 aliphatic carbocycles. The molecule has 1 aromatic carbocycles. The number of halogens is 1. The zero-order valence-corrected chi connectivity index (χ0v) is 15.2. The molecule has 0 fully saturated rings. The van der Waals surface area contributed by atoms with Gasteiger partial charge in [-0.3, -0.25) is 0 Å². The number of benzene rings is 1. The van der Waals surface area contributed by atoms with Crippen molar-refractivity contribution in [3.05, 3.63) is 34.9 Å². The van der Waals surface area contributed by atoms with E-state index < -0.39 is 6.17 Å². The van der Waals surface area contributed by atoms with E-state index in [-0.39, 0.29) is 11.8 Å². The van der Waals surface area contributed by atoms with Crippen LogP contribution in [0, 0.1) is 25.8 Å². The van der Waals surface area contributed by atoms with E-state index in [0.717, 1.165) is 24.0 Å². The first kappa shape index (κ1) is 19.2. The zero-order valence-electron chi connectivity index (χ0n) is 15.2. The summed E-state index contributed by atoms with van der Waals surface area (Å²) in [6, 6.07) is 7.62. The maximum atomic E-state index is 14.7. The van der Waals surface area contributed by atoms with Gasteiger partial charge in [0, 0.05) is 0 Å². The third-order valence-corrected chi connectivity index (χ3v) is 4.77. The second-order valence-electron chi connectivity index (χ2n) is 6.95. The summed E-state index contributed by atoms with van der Waals surface area (Å²) in [4.78, 5) is 0. The Morgan fingerprint density at radius 3 is 2.23 bits per heavy atom. The summed E-state index contributed by atoms with van der Waals surface area (Å²) >= 11 is 0. The predicted octanol–water partition coefficient (Wildman–Crippen LogP) is 6.93. The SMILES string of the molecule is CCCCCCC(CC)C(F)CC(C)c1cc(C)[c]c(C)c1. The first-order valence-electron chi connectivity index (χ1n) is 9.12. The largest absolute Gasteiger partial charge is 0.247 e. The van der Waals surface area contributed by atoms with Gasteiger partial charge in [0.15, 0.2) is 0 Å². The molecule has 0 bridgehead atoms. The summed E-state index contributed by atoms with van der Waals surface area (Å²) in [5.41, 5.74) is 3.57. The van der Waals surface area contributed by atoms with E-state index in [0.29, 0.717) is 6.42 Å². The molecule has 0 N–H and O–H groups in total. The van der Waals surface area contributed by atoms with Gasteiger partial charge in [0.2, 0.25) is 0 Å². The Labute approximate surface area is 137 Å². The molecule has 125 valence electrons. The van der Waals surface area contributed by atoms with Gasteiger partial charge in [0.25, 0.3) is 0 Å². The van der Waals surface area contributed by atoms with E-state index in [1.54, 1.807) is 0 Å². The number of hydrogen-bond acceptors (Lipinski definition) is 0. The van der Waals surface area contributed by atoms with E-state index >= 15 is 0 Å². The number of hydrogen-bond donors (Lipinski definition) is 0. The van der Waals surface area contributed by atoms with Crippen LogP contribution in [0.3, 0.4) is 0 Å². The maximum absolute atomic E-state index is 14.7. The molecule has 22 heavy (non-hydrogen) atoms. The van der Waals surface area contributed by atoms with Gasteiger partial charge in [-0.15, -0.1) is 0 Å². The highest BCUT2D eigenvalue weighted by atomic mass is 19.1. The van der Waals surface area contributed by atoms with Crippen molar-refractivity contribution in [1.29, 1.82) is 0 Å². The average molecular weight is 306 g/mol. The molecular formula is C21H34F. The van der Waals surface area contributed by atoms with E-state index in [4.69, 9.17) is 0 Å². The lowest BCUT2D eigenvalue weighted by molar-refractivity contribution is 0.186. The summed E-state index contributed by atoms with van der Waals surface area (Å²) in [5.74, 6) is 0.517. The quantitative estimate of drug-likeness (QED) is 0.411. The molecule has 3 unspecified atom stereocenters. The lowest BCUT2D eigenvalue weighted by Crippen LogP contribution is -2.18. The van der Waals surface area contributed by atoms with Crippen LogP contribution in [0.15, 0.2) is 12.1 Å². The topological polar surface area (TPSA) is 0 Å². The van der Waals surface area contributed by atoms with Gasteiger partial charge in [0.1, 0.15) is 6.17 Å². The summed E-state index contributed by atoms with van der Waals surface area (Å²) in [7, 11) is 0. The van der Waals surface area contributed by atoms with Crippen LogP contribution in [0.5, 0.6) is 0 Å². The molecule has 1 rings (SSSR count). The van der Waals surface area contributed by atoms with Crippen molar-refractivity contribution in [3.63, 3.8) is 0 Å². The fourth-order valence-corrected chi connectivity index (χ4v) is 3.35. The van der Waals surface area contributed by atoms with Crippen LogP contribution in [-0.2, 0) is 0 Å². The van der Waals surface area contributed by atoms with Crippen molar-refractivity contribution in [2.24, 2.45) is 5.92 Å². The van der Waals surface area contributed by atoms with Gasteiger partial charge in [-0.25, -0.2) is 4.39 Å². The van der Waals surface area contributed by atoms with Gasteiger partial charge >= 0.3 is 0 Å². The Hall–Kier alpha value is -0.850. The second kappa shape index (κ2) is 10.0. The minimum absolute atomic E-state index is 0.233. The molecule has 3 atom stereocenters. The van der Waals surface area contributed by atoms with Crippen LogP contribution < -0.4 is 0 Å². The average Bonchev–Trinajstić information content (AvgIpc) is 2.46. The van der Waals surface area contributed by atoms with Crippen molar-refractivity contribution in [3.8, 4) is 0 Å². The van der Waals surface area contributed by atoms with Gasteiger partial charge in [-0.2, -0.15) is 0 Å². The molecule has 0 saturated heterocycles.